The Labute approximate surface area is 122 Å². The molecule has 1 heterocycles. The van der Waals surface area contributed by atoms with Crippen molar-refractivity contribution in [3.8, 4) is 0 Å². The van der Waals surface area contributed by atoms with E-state index >= 15 is 0 Å². The number of hydrogen-bond donors (Lipinski definition) is 0. The molecule has 0 amide bonds. The summed E-state index contributed by atoms with van der Waals surface area (Å²) in [4.78, 5) is 10.1. The van der Waals surface area contributed by atoms with E-state index in [0.717, 1.165) is 18.9 Å². The van der Waals surface area contributed by atoms with Gasteiger partial charge >= 0.3 is 0 Å². The highest BCUT2D eigenvalue weighted by atomic mass is 35.5. The normalized spacial score (nSPS) is 20.8. The molecule has 1 fully saturated rings. The monoisotopic (exact) mass is 318 g/mol. The molecule has 1 saturated heterocycles. The maximum absolute atomic E-state index is 12.5. The van der Waals surface area contributed by atoms with Crippen molar-refractivity contribution < 1.29 is 13.3 Å². The first-order chi connectivity index (χ1) is 9.32. The minimum Gasteiger partial charge on any atom is -0.258 e. The molecular formula is C12H15ClN2O4S. The van der Waals surface area contributed by atoms with Crippen LogP contribution in [0.5, 0.6) is 0 Å². The summed E-state index contributed by atoms with van der Waals surface area (Å²) in [5.41, 5.74) is -0.391. The van der Waals surface area contributed by atoms with Crippen LogP contribution >= 0.6 is 11.6 Å². The molecule has 1 aliphatic rings. The van der Waals surface area contributed by atoms with Crippen molar-refractivity contribution in [3.05, 3.63) is 33.3 Å². The van der Waals surface area contributed by atoms with Crippen molar-refractivity contribution in [3.63, 3.8) is 0 Å². The lowest BCUT2D eigenvalue weighted by Gasteiger charge is -2.29. The van der Waals surface area contributed by atoms with Gasteiger partial charge in [0.25, 0.3) is 5.69 Å². The fourth-order valence-electron chi connectivity index (χ4n) is 2.31. The fourth-order valence-corrected chi connectivity index (χ4v) is 4.11. The van der Waals surface area contributed by atoms with Crippen LogP contribution < -0.4 is 0 Å². The summed E-state index contributed by atoms with van der Waals surface area (Å²) in [7, 11) is -3.70. The third kappa shape index (κ3) is 2.94. The van der Waals surface area contributed by atoms with Gasteiger partial charge in [0.2, 0.25) is 10.0 Å². The highest BCUT2D eigenvalue weighted by Gasteiger charge is 2.30. The molecule has 0 N–H and O–H groups in total. The minimum atomic E-state index is -3.70. The van der Waals surface area contributed by atoms with E-state index in [2.05, 4.69) is 0 Å². The van der Waals surface area contributed by atoms with Gasteiger partial charge in [-0.25, -0.2) is 8.42 Å². The summed E-state index contributed by atoms with van der Waals surface area (Å²) in [5.74, 6) is 0.292. The van der Waals surface area contributed by atoms with E-state index in [1.165, 1.54) is 16.4 Å². The number of benzene rings is 1. The first kappa shape index (κ1) is 15.2. The number of rotatable bonds is 3. The van der Waals surface area contributed by atoms with Crippen molar-refractivity contribution in [1.29, 1.82) is 0 Å². The summed E-state index contributed by atoms with van der Waals surface area (Å²) < 4.78 is 26.3. The predicted octanol–water partition coefficient (Wildman–Crippen LogP) is 2.67. The van der Waals surface area contributed by atoms with E-state index in [4.69, 9.17) is 11.6 Å². The summed E-state index contributed by atoms with van der Waals surface area (Å²) >= 11 is 5.70. The maximum Gasteiger partial charge on any atom is 0.289 e. The highest BCUT2D eigenvalue weighted by molar-refractivity contribution is 7.89. The molecular weight excluding hydrogens is 304 g/mol. The van der Waals surface area contributed by atoms with Crippen LogP contribution in [0.25, 0.3) is 0 Å². The Bertz CT molecular complexity index is 632. The molecule has 20 heavy (non-hydrogen) atoms. The molecule has 0 aliphatic carbocycles. The van der Waals surface area contributed by atoms with Crippen LogP contribution in [-0.4, -0.2) is 30.7 Å². The number of piperidine rings is 1. The van der Waals surface area contributed by atoms with Crippen LogP contribution in [-0.2, 0) is 10.0 Å². The van der Waals surface area contributed by atoms with Gasteiger partial charge < -0.3 is 0 Å². The van der Waals surface area contributed by atoms with Crippen LogP contribution in [0.3, 0.4) is 0 Å². The number of sulfonamides is 1. The summed E-state index contributed by atoms with van der Waals surface area (Å²) in [6.07, 6.45) is 1.79. The van der Waals surface area contributed by atoms with Gasteiger partial charge in [0.05, 0.1) is 9.82 Å². The van der Waals surface area contributed by atoms with Crippen molar-refractivity contribution in [1.82, 2.24) is 4.31 Å². The molecule has 0 aromatic heterocycles. The zero-order valence-corrected chi connectivity index (χ0v) is 12.5. The first-order valence-corrected chi connectivity index (χ1v) is 8.08. The molecule has 110 valence electrons. The lowest BCUT2D eigenvalue weighted by Crippen LogP contribution is -2.39. The van der Waals surface area contributed by atoms with Gasteiger partial charge in [0.1, 0.15) is 5.02 Å². The molecule has 0 saturated carbocycles. The lowest BCUT2D eigenvalue weighted by molar-refractivity contribution is -0.384. The zero-order chi connectivity index (χ0) is 14.9. The molecule has 0 unspecified atom stereocenters. The van der Waals surface area contributed by atoms with E-state index in [1.54, 1.807) is 0 Å². The number of nitro benzene ring substituents is 1. The number of hydrogen-bond acceptors (Lipinski definition) is 4. The smallest absolute Gasteiger partial charge is 0.258 e. The van der Waals surface area contributed by atoms with Gasteiger partial charge in [0.15, 0.2) is 0 Å². The molecule has 0 spiro atoms. The Morgan fingerprint density at radius 2 is 2.15 bits per heavy atom. The lowest BCUT2D eigenvalue weighted by atomic mass is 10.0. The Balaban J connectivity index is 2.39. The first-order valence-electron chi connectivity index (χ1n) is 6.26. The SMILES string of the molecule is C[C@H]1CCCN(S(=O)(=O)c2ccc(Cl)c([N+](=O)[O-])c2)C1. The second-order valence-electron chi connectivity index (χ2n) is 4.98. The standard InChI is InChI=1S/C12H15ClN2O4S/c1-9-3-2-6-14(8-9)20(18,19)10-4-5-11(13)12(7-10)15(16)17/h4-5,7,9H,2-3,6,8H2,1H3/t9-/m0/s1. The van der Waals surface area contributed by atoms with Gasteiger partial charge in [-0.3, -0.25) is 10.1 Å². The Hall–Kier alpha value is -1.18. The summed E-state index contributed by atoms with van der Waals surface area (Å²) in [6, 6.07) is 3.58. The van der Waals surface area contributed by atoms with E-state index in [1.807, 2.05) is 6.92 Å². The second-order valence-corrected chi connectivity index (χ2v) is 7.33. The number of nitro groups is 1. The molecule has 1 atom stereocenters. The van der Waals surface area contributed by atoms with E-state index < -0.39 is 20.6 Å². The largest absolute Gasteiger partial charge is 0.289 e. The molecule has 1 aromatic carbocycles. The van der Waals surface area contributed by atoms with Gasteiger partial charge in [-0.05, 0) is 30.9 Å². The molecule has 6 nitrogen and oxygen atoms in total. The Kier molecular flexibility index (Phi) is 4.31. The minimum absolute atomic E-state index is 0.0686. The van der Waals surface area contributed by atoms with Crippen molar-refractivity contribution in [2.75, 3.05) is 13.1 Å². The summed E-state index contributed by atoms with van der Waals surface area (Å²) in [5, 5.41) is 10.8. The molecule has 0 bridgehead atoms. The molecule has 8 heteroatoms. The Morgan fingerprint density at radius 3 is 2.75 bits per heavy atom. The van der Waals surface area contributed by atoms with E-state index in [0.29, 0.717) is 19.0 Å². The van der Waals surface area contributed by atoms with Crippen molar-refractivity contribution in [2.45, 2.75) is 24.7 Å². The van der Waals surface area contributed by atoms with Crippen LogP contribution in [0.15, 0.2) is 23.1 Å². The van der Waals surface area contributed by atoms with Crippen LogP contribution in [0.1, 0.15) is 19.8 Å². The predicted molar refractivity (Wildman–Crippen MR) is 75.3 cm³/mol. The van der Waals surface area contributed by atoms with Gasteiger partial charge in [0, 0.05) is 19.2 Å². The van der Waals surface area contributed by atoms with Gasteiger partial charge in [-0.2, -0.15) is 4.31 Å². The third-order valence-electron chi connectivity index (χ3n) is 3.37. The van der Waals surface area contributed by atoms with Crippen LogP contribution in [0.2, 0.25) is 5.02 Å². The van der Waals surface area contributed by atoms with Crippen molar-refractivity contribution in [2.24, 2.45) is 5.92 Å². The number of nitrogens with zero attached hydrogens (tertiary/aromatic N) is 2. The second kappa shape index (κ2) is 5.67. The molecule has 0 radical (unpaired) electrons. The van der Waals surface area contributed by atoms with E-state index in [9.17, 15) is 18.5 Å². The van der Waals surface area contributed by atoms with Crippen molar-refractivity contribution >= 4 is 27.3 Å². The quantitative estimate of drug-likeness (QED) is 0.634. The molecule has 1 aliphatic heterocycles. The Morgan fingerprint density at radius 1 is 1.45 bits per heavy atom. The summed E-state index contributed by atoms with van der Waals surface area (Å²) in [6.45, 7) is 2.88. The van der Waals surface area contributed by atoms with E-state index in [-0.39, 0.29) is 9.92 Å². The molecule has 2 rings (SSSR count). The highest BCUT2D eigenvalue weighted by Crippen LogP contribution is 2.30. The zero-order valence-electron chi connectivity index (χ0n) is 11.0. The fraction of sp³-hybridized carbons (Fsp3) is 0.500. The van der Waals surface area contributed by atoms with Gasteiger partial charge in [-0.15, -0.1) is 0 Å². The van der Waals surface area contributed by atoms with Crippen LogP contribution in [0, 0.1) is 16.0 Å². The van der Waals surface area contributed by atoms with Crippen LogP contribution in [0.4, 0.5) is 5.69 Å². The molecule has 1 aromatic rings. The average Bonchev–Trinajstić information content (AvgIpc) is 2.38. The average molecular weight is 319 g/mol. The number of halogens is 1. The van der Waals surface area contributed by atoms with Gasteiger partial charge in [-0.1, -0.05) is 18.5 Å². The maximum atomic E-state index is 12.5. The topological polar surface area (TPSA) is 80.5 Å². The third-order valence-corrected chi connectivity index (χ3v) is 5.55.